The van der Waals surface area contributed by atoms with Gasteiger partial charge in [0.05, 0.1) is 17.7 Å². The maximum absolute atomic E-state index is 12.7. The van der Waals surface area contributed by atoms with Gasteiger partial charge in [0.15, 0.2) is 0 Å². The number of likely N-dealkylation sites (N-methyl/N-ethyl adjacent to an activating group) is 1. The van der Waals surface area contributed by atoms with Crippen molar-refractivity contribution in [2.45, 2.75) is 19.3 Å². The first-order chi connectivity index (χ1) is 10.9. The van der Waals surface area contributed by atoms with Crippen molar-refractivity contribution >= 4 is 17.6 Å². The molecule has 0 atom stereocenters. The second kappa shape index (κ2) is 7.41. The molecule has 0 heterocycles. The number of benzene rings is 1. The Hall–Kier alpha value is -2.46. The summed E-state index contributed by atoms with van der Waals surface area (Å²) >= 11 is 0. The number of hydrogen-bond acceptors (Lipinski definition) is 2. The lowest BCUT2D eigenvalue weighted by atomic mass is 10.1. The average molecular weight is 357 g/mol. The molecule has 24 heavy (non-hydrogen) atoms. The van der Waals surface area contributed by atoms with Crippen LogP contribution in [-0.4, -0.2) is 25.0 Å². The summed E-state index contributed by atoms with van der Waals surface area (Å²) in [5.41, 5.74) is -3.82. The second-order valence-electron chi connectivity index (χ2n) is 4.56. The number of carbonyl (C=O) groups is 2. The van der Waals surface area contributed by atoms with E-state index in [1.165, 1.54) is 0 Å². The maximum Gasteiger partial charge on any atom is 0.416 e. The third-order valence-corrected chi connectivity index (χ3v) is 2.63. The molecule has 0 radical (unpaired) electrons. The van der Waals surface area contributed by atoms with Crippen molar-refractivity contribution in [3.63, 3.8) is 0 Å². The third-order valence-electron chi connectivity index (χ3n) is 2.63. The summed E-state index contributed by atoms with van der Waals surface area (Å²) in [6.07, 6.45) is -10.0. The highest BCUT2D eigenvalue weighted by molar-refractivity contribution is 5.92. The van der Waals surface area contributed by atoms with E-state index in [1.54, 1.807) is 6.92 Å². The number of urea groups is 1. The topological polar surface area (TPSA) is 70.2 Å². The van der Waals surface area contributed by atoms with Gasteiger partial charge in [0.25, 0.3) is 0 Å². The summed E-state index contributed by atoms with van der Waals surface area (Å²) < 4.78 is 76.0. The zero-order valence-corrected chi connectivity index (χ0v) is 12.2. The molecule has 0 saturated carbocycles. The Morgan fingerprint density at radius 2 is 1.42 bits per heavy atom. The highest BCUT2D eigenvalue weighted by Crippen LogP contribution is 2.37. The Morgan fingerprint density at radius 1 is 0.917 bits per heavy atom. The van der Waals surface area contributed by atoms with Gasteiger partial charge in [-0.1, -0.05) is 0 Å². The summed E-state index contributed by atoms with van der Waals surface area (Å²) in [5.74, 6) is -0.562. The van der Waals surface area contributed by atoms with Crippen molar-refractivity contribution in [2.24, 2.45) is 0 Å². The smallest absolute Gasteiger partial charge is 0.355 e. The van der Waals surface area contributed by atoms with Crippen molar-refractivity contribution in [1.29, 1.82) is 0 Å². The van der Waals surface area contributed by atoms with Gasteiger partial charge < -0.3 is 16.0 Å². The van der Waals surface area contributed by atoms with Crippen molar-refractivity contribution in [1.82, 2.24) is 10.6 Å². The molecule has 3 amide bonds. The van der Waals surface area contributed by atoms with Crippen LogP contribution in [0.4, 0.5) is 36.8 Å². The normalized spacial score (nSPS) is 11.8. The minimum absolute atomic E-state index is 0.0578. The van der Waals surface area contributed by atoms with Crippen LogP contribution in [0.15, 0.2) is 18.2 Å². The van der Waals surface area contributed by atoms with Crippen LogP contribution in [0.3, 0.4) is 0 Å². The third kappa shape index (κ3) is 5.97. The number of rotatable bonds is 4. The number of alkyl halides is 6. The van der Waals surface area contributed by atoms with Crippen molar-refractivity contribution in [3.8, 4) is 0 Å². The Labute approximate surface area is 132 Å². The van der Waals surface area contributed by atoms with E-state index in [0.717, 1.165) is 0 Å². The van der Waals surface area contributed by atoms with Crippen LogP contribution in [0, 0.1) is 0 Å². The van der Waals surface area contributed by atoms with E-state index in [1.807, 2.05) is 10.6 Å². The van der Waals surface area contributed by atoms with Crippen LogP contribution < -0.4 is 16.0 Å². The number of hydrogen-bond donors (Lipinski definition) is 3. The fraction of sp³-hybridized carbons (Fsp3) is 0.385. The van der Waals surface area contributed by atoms with E-state index in [2.05, 4.69) is 5.32 Å². The highest BCUT2D eigenvalue weighted by atomic mass is 19.4. The van der Waals surface area contributed by atoms with Crippen molar-refractivity contribution < 1.29 is 35.9 Å². The lowest BCUT2D eigenvalue weighted by molar-refractivity contribution is -0.143. The molecule has 0 fully saturated rings. The SMILES string of the molecule is CCNC(=O)CNC(=O)Nc1cc(C(F)(F)F)cc(C(F)(F)F)c1. The van der Waals surface area contributed by atoms with E-state index < -0.39 is 47.6 Å². The minimum Gasteiger partial charge on any atom is -0.355 e. The standard InChI is InChI=1S/C13H13F6N3O2/c1-2-20-10(23)6-21-11(24)22-9-4-7(12(14,15)16)3-8(5-9)13(17,18)19/h3-5H,2,6H2,1H3,(H,20,23)(H2,21,22,24). The molecule has 0 aromatic heterocycles. The van der Waals surface area contributed by atoms with E-state index in [0.29, 0.717) is 18.7 Å². The fourth-order valence-corrected chi connectivity index (χ4v) is 1.62. The molecule has 0 spiro atoms. The molecule has 0 bridgehead atoms. The molecule has 0 saturated heterocycles. The molecule has 0 aliphatic carbocycles. The van der Waals surface area contributed by atoms with Crippen molar-refractivity contribution in [2.75, 3.05) is 18.4 Å². The van der Waals surface area contributed by atoms with Gasteiger partial charge in [-0.15, -0.1) is 0 Å². The van der Waals surface area contributed by atoms with Gasteiger partial charge in [-0.3, -0.25) is 4.79 Å². The Kier molecular flexibility index (Phi) is 6.04. The summed E-state index contributed by atoms with van der Waals surface area (Å²) in [4.78, 5) is 22.6. The Bertz CT molecular complexity index is 580. The molecule has 5 nitrogen and oxygen atoms in total. The molecule has 0 aliphatic heterocycles. The molecule has 134 valence electrons. The lowest BCUT2D eigenvalue weighted by Gasteiger charge is -2.15. The average Bonchev–Trinajstić information content (AvgIpc) is 2.43. The van der Waals surface area contributed by atoms with Crippen LogP contribution in [0.25, 0.3) is 0 Å². The lowest BCUT2D eigenvalue weighted by Crippen LogP contribution is -2.38. The first kappa shape index (κ1) is 19.6. The number of nitrogens with one attached hydrogen (secondary N) is 3. The predicted octanol–water partition coefficient (Wildman–Crippen LogP) is 2.98. The van der Waals surface area contributed by atoms with Gasteiger partial charge in [-0.05, 0) is 25.1 Å². The van der Waals surface area contributed by atoms with E-state index in [-0.39, 0.29) is 6.07 Å². The monoisotopic (exact) mass is 357 g/mol. The summed E-state index contributed by atoms with van der Waals surface area (Å²) in [5, 5.41) is 6.19. The number of carbonyl (C=O) groups excluding carboxylic acids is 2. The quantitative estimate of drug-likeness (QED) is 0.725. The van der Waals surface area contributed by atoms with Gasteiger partial charge in [-0.25, -0.2) is 4.79 Å². The number of amides is 3. The molecule has 1 aromatic rings. The van der Waals surface area contributed by atoms with Crippen LogP contribution >= 0.6 is 0 Å². The molecule has 0 unspecified atom stereocenters. The molecule has 3 N–H and O–H groups in total. The molecular weight excluding hydrogens is 344 g/mol. The first-order valence-electron chi connectivity index (χ1n) is 6.54. The van der Waals surface area contributed by atoms with Gasteiger partial charge in [0.2, 0.25) is 5.91 Å². The molecule has 1 rings (SSSR count). The number of halogens is 6. The largest absolute Gasteiger partial charge is 0.416 e. The van der Waals surface area contributed by atoms with Crippen LogP contribution in [0.1, 0.15) is 18.1 Å². The van der Waals surface area contributed by atoms with E-state index >= 15 is 0 Å². The summed E-state index contributed by atoms with van der Waals surface area (Å²) in [6.45, 7) is 1.44. The second-order valence-corrected chi connectivity index (χ2v) is 4.56. The van der Waals surface area contributed by atoms with Gasteiger partial charge in [-0.2, -0.15) is 26.3 Å². The summed E-state index contributed by atoms with van der Waals surface area (Å²) in [7, 11) is 0. The van der Waals surface area contributed by atoms with Crippen LogP contribution in [-0.2, 0) is 17.1 Å². The zero-order chi connectivity index (χ0) is 18.5. The fourth-order valence-electron chi connectivity index (χ4n) is 1.62. The predicted molar refractivity (Wildman–Crippen MR) is 72.2 cm³/mol. The van der Waals surface area contributed by atoms with Gasteiger partial charge >= 0.3 is 18.4 Å². The highest BCUT2D eigenvalue weighted by Gasteiger charge is 2.37. The van der Waals surface area contributed by atoms with Crippen LogP contribution in [0.2, 0.25) is 0 Å². The van der Waals surface area contributed by atoms with Gasteiger partial charge in [0.1, 0.15) is 0 Å². The summed E-state index contributed by atoms with van der Waals surface area (Å²) in [6, 6.07) is -0.451. The van der Waals surface area contributed by atoms with E-state index in [9.17, 15) is 35.9 Å². The van der Waals surface area contributed by atoms with Crippen LogP contribution in [0.5, 0.6) is 0 Å². The minimum atomic E-state index is -5.02. The molecule has 0 aliphatic rings. The zero-order valence-electron chi connectivity index (χ0n) is 12.2. The Morgan fingerprint density at radius 3 is 1.83 bits per heavy atom. The van der Waals surface area contributed by atoms with Gasteiger partial charge in [0, 0.05) is 12.2 Å². The Balaban J connectivity index is 2.94. The maximum atomic E-state index is 12.7. The molecule has 11 heteroatoms. The number of anilines is 1. The van der Waals surface area contributed by atoms with E-state index in [4.69, 9.17) is 0 Å². The first-order valence-corrected chi connectivity index (χ1v) is 6.54. The molecular formula is C13H13F6N3O2. The van der Waals surface area contributed by atoms with Crippen molar-refractivity contribution in [3.05, 3.63) is 29.3 Å². The molecule has 1 aromatic carbocycles.